The smallest absolute Gasteiger partial charge is 0.421 e. The van der Waals surface area contributed by atoms with Crippen molar-refractivity contribution in [3.8, 4) is 0 Å². The van der Waals surface area contributed by atoms with Crippen molar-refractivity contribution in [2.45, 2.75) is 25.3 Å². The average Bonchev–Trinajstić information content (AvgIpc) is 2.90. The second-order valence-electron chi connectivity index (χ2n) is 8.12. The third-order valence-electron chi connectivity index (χ3n) is 5.28. The van der Waals surface area contributed by atoms with E-state index in [4.69, 9.17) is 9.57 Å². The maximum Gasteiger partial charge on any atom is 0.421 e. The van der Waals surface area contributed by atoms with Gasteiger partial charge in [-0.1, -0.05) is 48.5 Å². The molecule has 0 saturated heterocycles. The zero-order valence-electron chi connectivity index (χ0n) is 19.8. The topological polar surface area (TPSA) is 110 Å². The Morgan fingerprint density at radius 2 is 1.79 bits per heavy atom. The lowest BCUT2D eigenvalue weighted by molar-refractivity contribution is -0.226. The molecule has 1 aliphatic rings. The van der Waals surface area contributed by atoms with Crippen LogP contribution in [0.25, 0.3) is 0 Å². The molecule has 9 nitrogen and oxygen atoms in total. The second kappa shape index (κ2) is 11.5. The summed E-state index contributed by atoms with van der Waals surface area (Å²) in [5.74, 6) is -1.75. The molecule has 2 aromatic carbocycles. The fourth-order valence-corrected chi connectivity index (χ4v) is 4.47. The van der Waals surface area contributed by atoms with Crippen molar-refractivity contribution in [3.63, 3.8) is 0 Å². The maximum atomic E-state index is 14.0. The Balaban J connectivity index is 1.49. The molecule has 1 unspecified atom stereocenters. The van der Waals surface area contributed by atoms with Crippen LogP contribution in [0.4, 0.5) is 24.5 Å². The number of anilines is 2. The highest BCUT2D eigenvalue weighted by molar-refractivity contribution is 7.89. The lowest BCUT2D eigenvalue weighted by Gasteiger charge is -2.34. The van der Waals surface area contributed by atoms with Crippen LogP contribution in [0.2, 0.25) is 0 Å². The number of rotatable bonds is 10. The minimum Gasteiger partial charge on any atom is -0.461 e. The molecular weight excluding hydrogens is 525 g/mol. The Bertz CT molecular complexity index is 1390. The van der Waals surface area contributed by atoms with Crippen molar-refractivity contribution in [1.82, 2.24) is 9.71 Å². The third kappa shape index (κ3) is 7.01. The summed E-state index contributed by atoms with van der Waals surface area (Å²) in [4.78, 5) is 21.2. The molecule has 0 saturated carbocycles. The number of fused-ring (bicyclic) bond motifs is 1. The summed E-state index contributed by atoms with van der Waals surface area (Å²) in [5, 5.41) is 3.58. The van der Waals surface area contributed by atoms with Gasteiger partial charge in [0, 0.05) is 24.2 Å². The van der Waals surface area contributed by atoms with Crippen molar-refractivity contribution in [2.75, 3.05) is 16.1 Å². The summed E-state index contributed by atoms with van der Waals surface area (Å²) in [6.07, 6.45) is -4.29. The van der Waals surface area contributed by atoms with Gasteiger partial charge in [-0.25, -0.2) is 18.3 Å². The van der Waals surface area contributed by atoms with Crippen molar-refractivity contribution in [1.29, 1.82) is 0 Å². The second-order valence-corrected chi connectivity index (χ2v) is 9.96. The van der Waals surface area contributed by atoms with Gasteiger partial charge in [-0.15, -0.1) is 0 Å². The molecule has 1 aromatic heterocycles. The van der Waals surface area contributed by atoms with Crippen LogP contribution in [0.15, 0.2) is 91.1 Å². The molecule has 0 aliphatic carbocycles. The monoisotopic (exact) mass is 548 g/mol. The Kier molecular flexibility index (Phi) is 8.17. The number of hydrogen-bond acceptors (Lipinski definition) is 8. The Morgan fingerprint density at radius 3 is 2.50 bits per heavy atom. The van der Waals surface area contributed by atoms with E-state index in [1.54, 1.807) is 48.5 Å². The molecule has 38 heavy (non-hydrogen) atoms. The molecule has 3 aromatic rings. The number of hydroxylamine groups is 1. The molecule has 0 amide bonds. The van der Waals surface area contributed by atoms with Crippen LogP contribution in [0.5, 0.6) is 0 Å². The number of pyridine rings is 1. The summed E-state index contributed by atoms with van der Waals surface area (Å²) in [6.45, 7) is -0.0200. The zero-order chi connectivity index (χ0) is 27.2. The van der Waals surface area contributed by atoms with E-state index in [0.29, 0.717) is 5.69 Å². The molecule has 2 heterocycles. The van der Waals surface area contributed by atoms with Gasteiger partial charge in [-0.05, 0) is 23.8 Å². The molecule has 13 heteroatoms. The lowest BCUT2D eigenvalue weighted by atomic mass is 10.1. The normalized spacial score (nSPS) is 14.1. The van der Waals surface area contributed by atoms with E-state index in [0.717, 1.165) is 23.0 Å². The highest BCUT2D eigenvalue weighted by atomic mass is 32.2. The summed E-state index contributed by atoms with van der Waals surface area (Å²) < 4.78 is 74.9. The number of esters is 1. The molecule has 2 N–H and O–H groups in total. The number of aromatic nitrogens is 1. The first-order valence-corrected chi connectivity index (χ1v) is 13.0. The number of carbonyl (C=O) groups is 1. The van der Waals surface area contributed by atoms with E-state index in [1.807, 2.05) is 0 Å². The number of nitrogens with zero attached hydrogens (tertiary/aromatic N) is 2. The van der Waals surface area contributed by atoms with Crippen molar-refractivity contribution in [3.05, 3.63) is 102 Å². The first-order chi connectivity index (χ1) is 18.1. The van der Waals surface area contributed by atoms with Crippen molar-refractivity contribution in [2.24, 2.45) is 0 Å². The summed E-state index contributed by atoms with van der Waals surface area (Å²) >= 11 is 0. The summed E-state index contributed by atoms with van der Waals surface area (Å²) in [7, 11) is -4.20. The van der Waals surface area contributed by atoms with E-state index in [9.17, 15) is 26.4 Å². The molecule has 0 fully saturated rings. The fraction of sp³-hybridized carbons (Fsp3) is 0.200. The number of alkyl halides is 3. The number of nitrogens with one attached hydrogen (secondary N) is 2. The van der Waals surface area contributed by atoms with Crippen LogP contribution in [0.1, 0.15) is 23.7 Å². The van der Waals surface area contributed by atoms with Crippen LogP contribution in [-0.4, -0.2) is 31.3 Å². The van der Waals surface area contributed by atoms with Crippen molar-refractivity contribution < 1.29 is 36.0 Å². The van der Waals surface area contributed by atoms with Gasteiger partial charge in [0.1, 0.15) is 6.61 Å². The van der Waals surface area contributed by atoms with Crippen LogP contribution in [0.3, 0.4) is 0 Å². The van der Waals surface area contributed by atoms with Crippen LogP contribution >= 0.6 is 0 Å². The number of halogens is 3. The van der Waals surface area contributed by atoms with E-state index in [-0.39, 0.29) is 23.7 Å². The molecule has 4 rings (SSSR count). The highest BCUT2D eigenvalue weighted by Crippen LogP contribution is 2.40. The number of para-hydroxylation sites is 2. The Hall–Kier alpha value is -4.10. The molecule has 1 aliphatic heterocycles. The zero-order valence-corrected chi connectivity index (χ0v) is 20.6. The van der Waals surface area contributed by atoms with Gasteiger partial charge in [-0.3, -0.25) is 14.5 Å². The van der Waals surface area contributed by atoms with Gasteiger partial charge >= 0.3 is 12.1 Å². The molecule has 0 spiro atoms. The molecule has 0 bridgehead atoms. The fourth-order valence-electron chi connectivity index (χ4n) is 3.48. The number of sulfonamides is 1. The van der Waals surface area contributed by atoms with Gasteiger partial charge in [0.05, 0.1) is 23.5 Å². The standard InChI is InChI=1S/C25H23F3N4O5S/c26-25(27,28)24(19-9-6-13-29-15-19)37-32-21-11-5-4-10-20(21)30-16-22(32)31-38(34,35)14-12-23(33)36-17-18-7-2-1-3-8-18/h1-11,13,15-16,24,30-31H,12,14,17H2. The number of carbonyl (C=O) groups excluding carboxylic acids is 1. The minimum atomic E-state index is -4.85. The van der Waals surface area contributed by atoms with Crippen LogP contribution < -0.4 is 15.1 Å². The van der Waals surface area contributed by atoms with Gasteiger partial charge in [0.2, 0.25) is 16.1 Å². The number of benzene rings is 2. The van der Waals surface area contributed by atoms with E-state index >= 15 is 0 Å². The first kappa shape index (κ1) is 26.9. The third-order valence-corrected chi connectivity index (χ3v) is 6.54. The van der Waals surface area contributed by atoms with Gasteiger partial charge < -0.3 is 10.1 Å². The van der Waals surface area contributed by atoms with Crippen LogP contribution in [0, 0.1) is 0 Å². The minimum absolute atomic E-state index is 0.0200. The van der Waals surface area contributed by atoms with Gasteiger partial charge in [0.15, 0.2) is 5.82 Å². The molecule has 200 valence electrons. The number of hydrogen-bond donors (Lipinski definition) is 2. The van der Waals surface area contributed by atoms with E-state index in [2.05, 4.69) is 15.0 Å². The molecule has 1 atom stereocenters. The van der Waals surface area contributed by atoms with Gasteiger partial charge in [0.25, 0.3) is 0 Å². The highest BCUT2D eigenvalue weighted by Gasteiger charge is 2.45. The largest absolute Gasteiger partial charge is 0.461 e. The Labute approximate surface area is 216 Å². The predicted molar refractivity (Wildman–Crippen MR) is 133 cm³/mol. The van der Waals surface area contributed by atoms with Crippen molar-refractivity contribution >= 4 is 27.4 Å². The van der Waals surface area contributed by atoms with Gasteiger partial charge in [-0.2, -0.15) is 13.2 Å². The summed E-state index contributed by atoms with van der Waals surface area (Å²) in [6, 6.07) is 17.6. The van der Waals surface area contributed by atoms with E-state index < -0.39 is 40.4 Å². The van der Waals surface area contributed by atoms with E-state index in [1.165, 1.54) is 24.4 Å². The van der Waals surface area contributed by atoms with Crippen LogP contribution in [-0.2, 0) is 31.0 Å². The molecular formula is C25H23F3N4O5S. The average molecular weight is 549 g/mol. The predicted octanol–water partition coefficient (Wildman–Crippen LogP) is 4.40. The number of ether oxygens (including phenoxy) is 1. The lowest BCUT2D eigenvalue weighted by Crippen LogP contribution is -2.42. The Morgan fingerprint density at radius 1 is 1.05 bits per heavy atom. The molecule has 0 radical (unpaired) electrons. The first-order valence-electron chi connectivity index (χ1n) is 11.3. The maximum absolute atomic E-state index is 14.0. The summed E-state index contributed by atoms with van der Waals surface area (Å²) in [5.41, 5.74) is 0.971. The quantitative estimate of drug-likeness (QED) is 0.359. The SMILES string of the molecule is O=C(CCS(=O)(=O)NC1=CNc2ccccc2N1OC(c1cccnc1)C(F)(F)F)OCc1ccccc1.